The lowest BCUT2D eigenvalue weighted by Crippen LogP contribution is -1.87. The van der Waals surface area contributed by atoms with Crippen LogP contribution in [-0.4, -0.2) is 20.4 Å². The SMILES string of the molecule is Cc1nnc(Cl)c(O)c1O. The van der Waals surface area contributed by atoms with Crippen molar-refractivity contribution in [3.63, 3.8) is 0 Å². The zero-order valence-corrected chi connectivity index (χ0v) is 5.92. The summed E-state index contributed by atoms with van der Waals surface area (Å²) in [4.78, 5) is 0. The second kappa shape index (κ2) is 2.30. The van der Waals surface area contributed by atoms with E-state index in [0.29, 0.717) is 0 Å². The molecule has 10 heavy (non-hydrogen) atoms. The first-order valence-electron chi connectivity index (χ1n) is 2.53. The highest BCUT2D eigenvalue weighted by atomic mass is 35.5. The molecule has 0 aliphatic carbocycles. The van der Waals surface area contributed by atoms with Gasteiger partial charge in [0.2, 0.25) is 0 Å². The van der Waals surface area contributed by atoms with Gasteiger partial charge < -0.3 is 10.2 Å². The van der Waals surface area contributed by atoms with Crippen LogP contribution < -0.4 is 0 Å². The highest BCUT2D eigenvalue weighted by molar-refractivity contribution is 6.30. The van der Waals surface area contributed by atoms with Gasteiger partial charge in [0.25, 0.3) is 0 Å². The highest BCUT2D eigenvalue weighted by Crippen LogP contribution is 2.31. The minimum absolute atomic E-state index is 0.192. The summed E-state index contributed by atoms with van der Waals surface area (Å²) in [6.07, 6.45) is 0. The van der Waals surface area contributed by atoms with E-state index in [1.165, 1.54) is 6.92 Å². The quantitative estimate of drug-likeness (QED) is 0.591. The van der Waals surface area contributed by atoms with Crippen LogP contribution in [0.1, 0.15) is 5.69 Å². The third-order valence-corrected chi connectivity index (χ3v) is 1.30. The molecule has 1 aromatic heterocycles. The molecule has 0 fully saturated rings. The fourth-order valence-electron chi connectivity index (χ4n) is 0.483. The van der Waals surface area contributed by atoms with Gasteiger partial charge in [-0.2, -0.15) is 5.10 Å². The molecule has 0 aromatic carbocycles. The van der Waals surface area contributed by atoms with Gasteiger partial charge in [-0.25, -0.2) is 0 Å². The summed E-state index contributed by atoms with van der Waals surface area (Å²) in [5, 5.41) is 24.5. The lowest BCUT2D eigenvalue weighted by atomic mass is 10.4. The summed E-state index contributed by atoms with van der Waals surface area (Å²) in [6.45, 7) is 1.51. The second-order valence-electron chi connectivity index (χ2n) is 1.77. The first-order chi connectivity index (χ1) is 4.63. The van der Waals surface area contributed by atoms with E-state index in [2.05, 4.69) is 10.2 Å². The van der Waals surface area contributed by atoms with Gasteiger partial charge in [-0.15, -0.1) is 5.10 Å². The summed E-state index contributed by atoms with van der Waals surface area (Å²) < 4.78 is 0. The summed E-state index contributed by atoms with van der Waals surface area (Å²) in [5.74, 6) is -0.742. The lowest BCUT2D eigenvalue weighted by molar-refractivity contribution is 0.394. The summed E-state index contributed by atoms with van der Waals surface area (Å²) in [6, 6.07) is 0. The van der Waals surface area contributed by atoms with Gasteiger partial charge in [-0.05, 0) is 6.92 Å². The predicted molar refractivity (Wildman–Crippen MR) is 35.1 cm³/mol. The Bertz CT molecular complexity index is 237. The maximum atomic E-state index is 8.95. The van der Waals surface area contributed by atoms with E-state index in [1.54, 1.807) is 0 Å². The molecule has 54 valence electrons. The van der Waals surface area contributed by atoms with Crippen LogP contribution in [0.4, 0.5) is 0 Å². The Hall–Kier alpha value is -1.03. The number of hydrogen-bond donors (Lipinski definition) is 2. The van der Waals surface area contributed by atoms with Crippen molar-refractivity contribution in [2.24, 2.45) is 0 Å². The van der Waals surface area contributed by atoms with Gasteiger partial charge in [-0.1, -0.05) is 11.6 Å². The number of nitrogens with zero attached hydrogens (tertiary/aromatic N) is 2. The monoisotopic (exact) mass is 160 g/mol. The zero-order valence-electron chi connectivity index (χ0n) is 5.17. The van der Waals surface area contributed by atoms with Crippen LogP contribution in [0.3, 0.4) is 0 Å². The molecular formula is C5H5ClN2O2. The molecule has 0 amide bonds. The first-order valence-corrected chi connectivity index (χ1v) is 2.91. The molecule has 2 N–H and O–H groups in total. The van der Waals surface area contributed by atoms with Crippen LogP contribution >= 0.6 is 11.6 Å². The minimum atomic E-state index is -0.422. The Balaban J connectivity index is 3.34. The van der Waals surface area contributed by atoms with Crippen LogP contribution in [0, 0.1) is 6.92 Å². The van der Waals surface area contributed by atoms with Crippen molar-refractivity contribution < 1.29 is 10.2 Å². The molecule has 0 bridgehead atoms. The Labute approximate surface area is 62.1 Å². The molecule has 5 heteroatoms. The van der Waals surface area contributed by atoms with Gasteiger partial charge >= 0.3 is 0 Å². The van der Waals surface area contributed by atoms with Crippen molar-refractivity contribution in [3.05, 3.63) is 10.8 Å². The third-order valence-electron chi connectivity index (χ3n) is 1.05. The number of aromatic nitrogens is 2. The molecule has 0 aliphatic rings. The molecule has 1 rings (SSSR count). The molecule has 4 nitrogen and oxygen atoms in total. The summed E-state index contributed by atoms with van der Waals surface area (Å²) in [5.41, 5.74) is 0.252. The predicted octanol–water partition coefficient (Wildman–Crippen LogP) is 0.850. The van der Waals surface area contributed by atoms with E-state index >= 15 is 0 Å². The van der Waals surface area contributed by atoms with Gasteiger partial charge in [-0.3, -0.25) is 0 Å². The molecule has 0 aliphatic heterocycles. The van der Waals surface area contributed by atoms with E-state index in [9.17, 15) is 0 Å². The van der Waals surface area contributed by atoms with Gasteiger partial charge in [0.05, 0.1) is 0 Å². The van der Waals surface area contributed by atoms with Gasteiger partial charge in [0.1, 0.15) is 5.69 Å². The van der Waals surface area contributed by atoms with E-state index in [4.69, 9.17) is 21.8 Å². The van der Waals surface area contributed by atoms with Gasteiger partial charge in [0.15, 0.2) is 16.7 Å². The Kier molecular flexibility index (Phi) is 1.63. The highest BCUT2D eigenvalue weighted by Gasteiger charge is 2.08. The van der Waals surface area contributed by atoms with Crippen LogP contribution in [0.5, 0.6) is 11.5 Å². The fourth-order valence-corrected chi connectivity index (χ4v) is 0.610. The molecule has 0 saturated carbocycles. The molecule has 0 radical (unpaired) electrons. The molecule has 0 saturated heterocycles. The molecule has 1 aromatic rings. The maximum Gasteiger partial charge on any atom is 0.199 e. The first kappa shape index (κ1) is 7.08. The molecule has 0 unspecified atom stereocenters. The smallest absolute Gasteiger partial charge is 0.199 e. The fraction of sp³-hybridized carbons (Fsp3) is 0.200. The van der Waals surface area contributed by atoms with E-state index < -0.39 is 5.75 Å². The summed E-state index contributed by atoms with van der Waals surface area (Å²) in [7, 11) is 0. The van der Waals surface area contributed by atoms with Crippen LogP contribution in [0.15, 0.2) is 0 Å². The second-order valence-corrected chi connectivity index (χ2v) is 2.13. The Morgan fingerprint density at radius 2 is 1.80 bits per heavy atom. The number of aromatic hydroxyl groups is 2. The van der Waals surface area contributed by atoms with Gasteiger partial charge in [0, 0.05) is 0 Å². The third kappa shape index (κ3) is 0.974. The molecule has 1 heterocycles. The maximum absolute atomic E-state index is 8.95. The number of aryl methyl sites for hydroxylation is 1. The average Bonchev–Trinajstić information content (AvgIpc) is 1.93. The zero-order chi connectivity index (χ0) is 7.72. The largest absolute Gasteiger partial charge is 0.503 e. The van der Waals surface area contributed by atoms with E-state index in [0.717, 1.165) is 0 Å². The lowest BCUT2D eigenvalue weighted by Gasteiger charge is -1.98. The Morgan fingerprint density at radius 1 is 1.20 bits per heavy atom. The van der Waals surface area contributed by atoms with Crippen LogP contribution in [-0.2, 0) is 0 Å². The van der Waals surface area contributed by atoms with E-state index in [1.807, 2.05) is 0 Å². The van der Waals surface area contributed by atoms with Crippen LogP contribution in [0.2, 0.25) is 5.15 Å². The minimum Gasteiger partial charge on any atom is -0.503 e. The Morgan fingerprint density at radius 3 is 2.30 bits per heavy atom. The normalized spacial score (nSPS) is 9.80. The van der Waals surface area contributed by atoms with Crippen molar-refractivity contribution >= 4 is 11.6 Å². The molecular weight excluding hydrogens is 156 g/mol. The number of rotatable bonds is 0. The molecule has 0 spiro atoms. The van der Waals surface area contributed by atoms with Crippen LogP contribution in [0.25, 0.3) is 0 Å². The summed E-state index contributed by atoms with van der Waals surface area (Å²) >= 11 is 5.30. The van der Waals surface area contributed by atoms with E-state index in [-0.39, 0.29) is 16.6 Å². The van der Waals surface area contributed by atoms with Crippen molar-refractivity contribution in [2.75, 3.05) is 0 Å². The van der Waals surface area contributed by atoms with Crippen molar-refractivity contribution in [3.8, 4) is 11.5 Å². The molecule has 0 atom stereocenters. The average molecular weight is 161 g/mol. The number of hydrogen-bond acceptors (Lipinski definition) is 4. The topological polar surface area (TPSA) is 66.2 Å². The van der Waals surface area contributed by atoms with Crippen molar-refractivity contribution in [2.45, 2.75) is 6.92 Å². The van der Waals surface area contributed by atoms with Crippen molar-refractivity contribution in [1.82, 2.24) is 10.2 Å². The van der Waals surface area contributed by atoms with Crippen molar-refractivity contribution in [1.29, 1.82) is 0 Å². The number of halogens is 1. The standard InChI is InChI=1S/C5H5ClN2O2/c1-2-3(9)4(10)5(6)8-7-2/h1H3,(H,7,10)(H,8,9).